The minimum absolute atomic E-state index is 0.0855. The van der Waals surface area contributed by atoms with E-state index in [4.69, 9.17) is 9.47 Å². The molecular formula is C22H26N4O4. The van der Waals surface area contributed by atoms with Gasteiger partial charge < -0.3 is 19.3 Å². The van der Waals surface area contributed by atoms with Gasteiger partial charge in [-0.1, -0.05) is 18.2 Å². The maximum Gasteiger partial charge on any atom is 0.257 e. The maximum atomic E-state index is 12.9. The molecule has 8 nitrogen and oxygen atoms in total. The number of amides is 2. The standard InChI is InChI=1S/C22H26N4O4/c27-21(25-8-10-29-11-9-25)12-17-15-26(22(28)18-13-23-16-24-14-18)7-6-20(17)30-19-4-2-1-3-5-19/h1-5,13-14,16-17,20H,6-12,15H2/t17-,20-/m0/s1. The second-order valence-corrected chi connectivity index (χ2v) is 7.59. The predicted molar refractivity (Wildman–Crippen MR) is 109 cm³/mol. The molecule has 0 bridgehead atoms. The number of piperidine rings is 1. The third-order valence-electron chi connectivity index (χ3n) is 5.59. The number of morpholine rings is 1. The first-order valence-electron chi connectivity index (χ1n) is 10.3. The van der Waals surface area contributed by atoms with Crippen molar-refractivity contribution in [3.63, 3.8) is 0 Å². The number of nitrogens with zero attached hydrogens (tertiary/aromatic N) is 4. The Labute approximate surface area is 175 Å². The number of hydrogen-bond donors (Lipinski definition) is 0. The highest BCUT2D eigenvalue weighted by Gasteiger charge is 2.36. The van der Waals surface area contributed by atoms with Gasteiger partial charge in [0, 0.05) is 57.3 Å². The van der Waals surface area contributed by atoms with Crippen LogP contribution in [-0.2, 0) is 9.53 Å². The number of aromatic nitrogens is 2. The Hall–Kier alpha value is -3.00. The van der Waals surface area contributed by atoms with Gasteiger partial charge in [-0.15, -0.1) is 0 Å². The molecule has 0 radical (unpaired) electrons. The average Bonchev–Trinajstić information content (AvgIpc) is 2.81. The Morgan fingerprint density at radius 3 is 2.50 bits per heavy atom. The molecule has 158 valence electrons. The van der Waals surface area contributed by atoms with Crippen LogP contribution in [0.3, 0.4) is 0 Å². The molecule has 3 heterocycles. The number of para-hydroxylation sites is 1. The molecule has 2 aromatic rings. The van der Waals surface area contributed by atoms with Gasteiger partial charge in [-0.05, 0) is 12.1 Å². The maximum absolute atomic E-state index is 12.9. The second-order valence-electron chi connectivity index (χ2n) is 7.59. The molecule has 8 heteroatoms. The van der Waals surface area contributed by atoms with Gasteiger partial charge in [0.25, 0.3) is 5.91 Å². The fraction of sp³-hybridized carbons (Fsp3) is 0.455. The highest BCUT2D eigenvalue weighted by molar-refractivity contribution is 5.93. The third-order valence-corrected chi connectivity index (χ3v) is 5.59. The number of benzene rings is 1. The first-order valence-corrected chi connectivity index (χ1v) is 10.3. The lowest BCUT2D eigenvalue weighted by atomic mass is 9.90. The summed E-state index contributed by atoms with van der Waals surface area (Å²) >= 11 is 0. The molecule has 30 heavy (non-hydrogen) atoms. The van der Waals surface area contributed by atoms with Crippen LogP contribution >= 0.6 is 0 Å². The summed E-state index contributed by atoms with van der Waals surface area (Å²) in [4.78, 5) is 37.3. The summed E-state index contributed by atoms with van der Waals surface area (Å²) in [6, 6.07) is 9.63. The van der Waals surface area contributed by atoms with E-state index in [9.17, 15) is 9.59 Å². The van der Waals surface area contributed by atoms with Crippen molar-refractivity contribution < 1.29 is 19.1 Å². The molecule has 2 aliphatic rings. The molecule has 1 aromatic heterocycles. The van der Waals surface area contributed by atoms with Gasteiger partial charge in [0.05, 0.1) is 18.8 Å². The van der Waals surface area contributed by atoms with E-state index >= 15 is 0 Å². The molecule has 2 atom stereocenters. The van der Waals surface area contributed by atoms with E-state index in [0.717, 1.165) is 5.75 Å². The first-order chi connectivity index (χ1) is 14.7. The Balaban J connectivity index is 1.47. The van der Waals surface area contributed by atoms with E-state index in [1.54, 1.807) is 4.90 Å². The van der Waals surface area contributed by atoms with Crippen molar-refractivity contribution in [2.45, 2.75) is 18.9 Å². The van der Waals surface area contributed by atoms with E-state index < -0.39 is 0 Å². The van der Waals surface area contributed by atoms with Crippen molar-refractivity contribution in [3.8, 4) is 5.75 Å². The molecule has 2 amide bonds. The lowest BCUT2D eigenvalue weighted by molar-refractivity contribution is -0.137. The number of ether oxygens (including phenoxy) is 2. The van der Waals surface area contributed by atoms with Crippen LogP contribution in [0.5, 0.6) is 5.75 Å². The predicted octanol–water partition coefficient (Wildman–Crippen LogP) is 1.64. The topological polar surface area (TPSA) is 84.9 Å². The van der Waals surface area contributed by atoms with Crippen LogP contribution in [-0.4, -0.2) is 77.1 Å². The number of carbonyl (C=O) groups is 2. The van der Waals surface area contributed by atoms with Crippen molar-refractivity contribution in [3.05, 3.63) is 54.6 Å². The van der Waals surface area contributed by atoms with Crippen molar-refractivity contribution in [1.82, 2.24) is 19.8 Å². The first kappa shape index (κ1) is 20.3. The Morgan fingerprint density at radius 1 is 1.03 bits per heavy atom. The fourth-order valence-corrected chi connectivity index (χ4v) is 3.98. The second kappa shape index (κ2) is 9.67. The quantitative estimate of drug-likeness (QED) is 0.745. The number of carbonyl (C=O) groups excluding carboxylic acids is 2. The fourth-order valence-electron chi connectivity index (χ4n) is 3.98. The van der Waals surface area contributed by atoms with Crippen LogP contribution in [0.2, 0.25) is 0 Å². The molecule has 0 unspecified atom stereocenters. The Morgan fingerprint density at radius 2 is 1.77 bits per heavy atom. The lowest BCUT2D eigenvalue weighted by Gasteiger charge is -2.39. The summed E-state index contributed by atoms with van der Waals surface area (Å²) in [6.07, 6.45) is 5.32. The molecule has 0 saturated carbocycles. The van der Waals surface area contributed by atoms with Gasteiger partial charge in [0.1, 0.15) is 18.2 Å². The van der Waals surface area contributed by atoms with Crippen LogP contribution in [0.25, 0.3) is 0 Å². The minimum Gasteiger partial charge on any atom is -0.490 e. The highest BCUT2D eigenvalue weighted by Crippen LogP contribution is 2.27. The van der Waals surface area contributed by atoms with Crippen LogP contribution < -0.4 is 4.74 Å². The molecule has 2 aliphatic heterocycles. The van der Waals surface area contributed by atoms with Gasteiger partial charge in [0.2, 0.25) is 5.91 Å². The van der Waals surface area contributed by atoms with Crippen LogP contribution in [0, 0.1) is 5.92 Å². The molecule has 2 fully saturated rings. The van der Waals surface area contributed by atoms with E-state index in [1.807, 2.05) is 35.2 Å². The lowest BCUT2D eigenvalue weighted by Crippen LogP contribution is -2.50. The van der Waals surface area contributed by atoms with Crippen LogP contribution in [0.4, 0.5) is 0 Å². The molecular weight excluding hydrogens is 384 g/mol. The van der Waals surface area contributed by atoms with E-state index in [1.165, 1.54) is 18.7 Å². The van der Waals surface area contributed by atoms with Crippen molar-refractivity contribution in [2.24, 2.45) is 5.92 Å². The van der Waals surface area contributed by atoms with Crippen molar-refractivity contribution in [2.75, 3.05) is 39.4 Å². The summed E-state index contributed by atoms with van der Waals surface area (Å²) in [6.45, 7) is 3.38. The zero-order valence-electron chi connectivity index (χ0n) is 16.9. The number of hydrogen-bond acceptors (Lipinski definition) is 6. The monoisotopic (exact) mass is 410 g/mol. The molecule has 2 saturated heterocycles. The number of likely N-dealkylation sites (tertiary alicyclic amines) is 1. The summed E-state index contributed by atoms with van der Waals surface area (Å²) < 4.78 is 11.6. The smallest absolute Gasteiger partial charge is 0.257 e. The Kier molecular flexibility index (Phi) is 6.53. The summed E-state index contributed by atoms with van der Waals surface area (Å²) in [5.41, 5.74) is 0.457. The summed E-state index contributed by atoms with van der Waals surface area (Å²) in [7, 11) is 0. The molecule has 0 N–H and O–H groups in total. The van der Waals surface area contributed by atoms with Gasteiger partial charge in [-0.3, -0.25) is 9.59 Å². The van der Waals surface area contributed by atoms with Gasteiger partial charge in [0.15, 0.2) is 0 Å². The van der Waals surface area contributed by atoms with E-state index in [-0.39, 0.29) is 23.8 Å². The normalized spacial score (nSPS) is 21.9. The SMILES string of the molecule is O=C(C[C@H]1CN(C(=O)c2cncnc2)CC[C@@H]1Oc1ccccc1)N1CCOCC1. The molecule has 0 aliphatic carbocycles. The Bertz CT molecular complexity index is 843. The van der Waals surface area contributed by atoms with Crippen LogP contribution in [0.15, 0.2) is 49.1 Å². The number of rotatable bonds is 5. The van der Waals surface area contributed by atoms with E-state index in [0.29, 0.717) is 57.8 Å². The van der Waals surface area contributed by atoms with Crippen molar-refractivity contribution >= 4 is 11.8 Å². The average molecular weight is 410 g/mol. The largest absolute Gasteiger partial charge is 0.490 e. The van der Waals surface area contributed by atoms with Crippen molar-refractivity contribution in [1.29, 1.82) is 0 Å². The molecule has 4 rings (SSSR count). The van der Waals surface area contributed by atoms with Gasteiger partial charge in [-0.2, -0.15) is 0 Å². The summed E-state index contributed by atoms with van der Waals surface area (Å²) in [5.74, 6) is 0.658. The summed E-state index contributed by atoms with van der Waals surface area (Å²) in [5, 5.41) is 0. The molecule has 0 spiro atoms. The van der Waals surface area contributed by atoms with Crippen LogP contribution in [0.1, 0.15) is 23.2 Å². The van der Waals surface area contributed by atoms with Gasteiger partial charge >= 0.3 is 0 Å². The highest BCUT2D eigenvalue weighted by atomic mass is 16.5. The molecule has 1 aromatic carbocycles. The zero-order chi connectivity index (χ0) is 20.8. The minimum atomic E-state index is -0.131. The third kappa shape index (κ3) is 4.94. The van der Waals surface area contributed by atoms with E-state index in [2.05, 4.69) is 9.97 Å². The van der Waals surface area contributed by atoms with Gasteiger partial charge in [-0.25, -0.2) is 9.97 Å². The zero-order valence-corrected chi connectivity index (χ0v) is 16.9.